The molecule has 0 unspecified atom stereocenters. The highest BCUT2D eigenvalue weighted by atomic mass is 35.5. The van der Waals surface area contributed by atoms with Crippen molar-refractivity contribution in [2.75, 3.05) is 16.2 Å². The summed E-state index contributed by atoms with van der Waals surface area (Å²) in [7, 11) is -4.07. The Morgan fingerprint density at radius 2 is 1.62 bits per heavy atom. The van der Waals surface area contributed by atoms with E-state index in [0.717, 1.165) is 30.0 Å². The second-order valence-electron chi connectivity index (χ2n) is 9.16. The number of hydrogen-bond acceptors (Lipinski definition) is 4. The number of anilines is 2. The van der Waals surface area contributed by atoms with Crippen LogP contribution >= 0.6 is 11.6 Å². The van der Waals surface area contributed by atoms with Crippen LogP contribution in [0.1, 0.15) is 48.0 Å². The number of halogens is 1. The third-order valence-electron chi connectivity index (χ3n) is 6.43. The van der Waals surface area contributed by atoms with E-state index in [1.54, 1.807) is 67.6 Å². The fourth-order valence-corrected chi connectivity index (χ4v) is 6.27. The van der Waals surface area contributed by atoms with Gasteiger partial charge in [0.25, 0.3) is 15.9 Å². The highest BCUT2D eigenvalue weighted by Crippen LogP contribution is 2.29. The molecule has 3 aromatic rings. The van der Waals surface area contributed by atoms with Crippen molar-refractivity contribution in [1.82, 2.24) is 5.32 Å². The highest BCUT2D eigenvalue weighted by Gasteiger charge is 2.29. The fourth-order valence-electron chi connectivity index (χ4n) is 4.54. The number of aryl methyl sites for hydroxylation is 1. The quantitative estimate of drug-likeness (QED) is 0.392. The van der Waals surface area contributed by atoms with Gasteiger partial charge in [-0.05, 0) is 67.8 Å². The Hall–Kier alpha value is -3.36. The van der Waals surface area contributed by atoms with Gasteiger partial charge in [0.15, 0.2) is 0 Å². The lowest BCUT2D eigenvalue weighted by Gasteiger charge is -2.26. The molecule has 1 aliphatic carbocycles. The van der Waals surface area contributed by atoms with Crippen LogP contribution in [0.25, 0.3) is 0 Å². The predicted molar refractivity (Wildman–Crippen MR) is 147 cm³/mol. The summed E-state index contributed by atoms with van der Waals surface area (Å²) >= 11 is 6.10. The van der Waals surface area contributed by atoms with E-state index >= 15 is 0 Å². The van der Waals surface area contributed by atoms with E-state index in [2.05, 4.69) is 10.6 Å². The zero-order valence-corrected chi connectivity index (χ0v) is 22.2. The maximum atomic E-state index is 13.6. The van der Waals surface area contributed by atoms with Crippen molar-refractivity contribution in [2.24, 2.45) is 0 Å². The van der Waals surface area contributed by atoms with Crippen LogP contribution in [0.4, 0.5) is 11.4 Å². The SMILES string of the molecule is Cc1cc(Cl)ccc1N(CC(=O)Nc1ccccc1C(=O)NC1CCCCC1)S(=O)(=O)c1ccccc1. The minimum absolute atomic E-state index is 0.0596. The van der Waals surface area contributed by atoms with Crippen LogP contribution < -0.4 is 14.9 Å². The molecule has 9 heteroatoms. The molecule has 194 valence electrons. The van der Waals surface area contributed by atoms with Gasteiger partial charge in [-0.25, -0.2) is 8.42 Å². The molecule has 0 atom stereocenters. The van der Waals surface area contributed by atoms with Crippen molar-refractivity contribution in [2.45, 2.75) is 50.0 Å². The minimum Gasteiger partial charge on any atom is -0.349 e. The number of rotatable bonds is 8. The van der Waals surface area contributed by atoms with Crippen LogP contribution in [0.15, 0.2) is 77.7 Å². The fraction of sp³-hybridized carbons (Fsp3) is 0.286. The molecular formula is C28H30ClN3O4S. The molecule has 1 aliphatic rings. The summed E-state index contributed by atoms with van der Waals surface area (Å²) in [6, 6.07) is 19.6. The molecule has 37 heavy (non-hydrogen) atoms. The zero-order valence-electron chi connectivity index (χ0n) is 20.6. The first-order valence-corrected chi connectivity index (χ1v) is 14.1. The van der Waals surface area contributed by atoms with Gasteiger partial charge in [0.2, 0.25) is 5.91 Å². The molecule has 2 N–H and O–H groups in total. The molecule has 0 bridgehead atoms. The van der Waals surface area contributed by atoms with Crippen molar-refractivity contribution >= 4 is 44.8 Å². The van der Waals surface area contributed by atoms with Gasteiger partial charge in [0, 0.05) is 11.1 Å². The average molecular weight is 540 g/mol. The number of sulfonamides is 1. The normalized spacial score (nSPS) is 14.1. The van der Waals surface area contributed by atoms with Crippen molar-refractivity contribution < 1.29 is 18.0 Å². The molecule has 0 aliphatic heterocycles. The van der Waals surface area contributed by atoms with Crippen LogP contribution in [0.3, 0.4) is 0 Å². The van der Waals surface area contributed by atoms with Gasteiger partial charge in [-0.1, -0.05) is 61.2 Å². The summed E-state index contributed by atoms with van der Waals surface area (Å²) in [5.74, 6) is -0.836. The number of hydrogen-bond donors (Lipinski definition) is 2. The summed E-state index contributed by atoms with van der Waals surface area (Å²) < 4.78 is 28.3. The van der Waals surface area contributed by atoms with Crippen molar-refractivity contribution in [1.29, 1.82) is 0 Å². The van der Waals surface area contributed by atoms with Gasteiger partial charge in [0.05, 0.1) is 21.8 Å². The van der Waals surface area contributed by atoms with Gasteiger partial charge in [-0.3, -0.25) is 13.9 Å². The van der Waals surface area contributed by atoms with Crippen molar-refractivity contribution in [3.05, 3.63) is 88.9 Å². The Morgan fingerprint density at radius 1 is 0.946 bits per heavy atom. The van der Waals surface area contributed by atoms with Crippen LogP contribution in [0.2, 0.25) is 5.02 Å². The van der Waals surface area contributed by atoms with Crippen molar-refractivity contribution in [3.63, 3.8) is 0 Å². The highest BCUT2D eigenvalue weighted by molar-refractivity contribution is 7.92. The first-order chi connectivity index (χ1) is 17.8. The van der Waals surface area contributed by atoms with Gasteiger partial charge in [-0.15, -0.1) is 0 Å². The lowest BCUT2D eigenvalue weighted by atomic mass is 9.95. The average Bonchev–Trinajstić information content (AvgIpc) is 2.89. The van der Waals surface area contributed by atoms with Crippen LogP contribution in [-0.2, 0) is 14.8 Å². The molecule has 2 amide bonds. The lowest BCUT2D eigenvalue weighted by molar-refractivity contribution is -0.114. The Kier molecular flexibility index (Phi) is 8.51. The molecule has 7 nitrogen and oxygen atoms in total. The predicted octanol–water partition coefficient (Wildman–Crippen LogP) is 5.54. The number of para-hydroxylation sites is 1. The number of carbonyl (C=O) groups excluding carboxylic acids is 2. The van der Waals surface area contributed by atoms with E-state index in [0.29, 0.717) is 27.5 Å². The molecule has 1 saturated carbocycles. The molecule has 0 heterocycles. The standard InChI is InChI=1S/C28H30ClN3O4S/c1-20-18-21(29)16-17-26(20)32(37(35,36)23-12-6-3-7-13-23)19-27(33)31-25-15-9-8-14-24(25)28(34)30-22-10-4-2-5-11-22/h3,6-9,12-18,22H,2,4-5,10-11,19H2,1H3,(H,30,34)(H,31,33). The largest absolute Gasteiger partial charge is 0.349 e. The first kappa shape index (κ1) is 26.7. The smallest absolute Gasteiger partial charge is 0.264 e. The van der Waals surface area contributed by atoms with Crippen molar-refractivity contribution in [3.8, 4) is 0 Å². The Balaban J connectivity index is 1.59. The van der Waals surface area contributed by atoms with Gasteiger partial charge in [-0.2, -0.15) is 0 Å². The summed E-state index contributed by atoms with van der Waals surface area (Å²) in [4.78, 5) is 26.3. The summed E-state index contributed by atoms with van der Waals surface area (Å²) in [5, 5.41) is 6.28. The molecule has 0 spiro atoms. The van der Waals surface area contributed by atoms with E-state index in [9.17, 15) is 18.0 Å². The zero-order chi connectivity index (χ0) is 26.4. The topological polar surface area (TPSA) is 95.6 Å². The molecule has 1 fully saturated rings. The maximum Gasteiger partial charge on any atom is 0.264 e. The van der Waals surface area contributed by atoms with E-state index in [1.165, 1.54) is 18.6 Å². The second kappa shape index (κ2) is 11.8. The number of benzene rings is 3. The Labute approximate surface area is 222 Å². The van der Waals surface area contributed by atoms with E-state index in [1.807, 2.05) is 0 Å². The summed E-state index contributed by atoms with van der Waals surface area (Å²) in [6.45, 7) is 1.25. The number of carbonyl (C=O) groups is 2. The van der Waals surface area contributed by atoms with E-state index in [-0.39, 0.29) is 16.8 Å². The molecular weight excluding hydrogens is 510 g/mol. The molecule has 4 rings (SSSR count). The Bertz CT molecular complexity index is 1370. The van der Waals surface area contributed by atoms with Gasteiger partial charge in [0.1, 0.15) is 6.54 Å². The number of amides is 2. The monoisotopic (exact) mass is 539 g/mol. The molecule has 3 aromatic carbocycles. The third-order valence-corrected chi connectivity index (χ3v) is 8.44. The lowest BCUT2D eigenvalue weighted by Crippen LogP contribution is -2.39. The van der Waals surface area contributed by atoms with Gasteiger partial charge >= 0.3 is 0 Å². The Morgan fingerprint density at radius 3 is 2.32 bits per heavy atom. The summed E-state index contributed by atoms with van der Waals surface area (Å²) in [5.41, 5.74) is 1.60. The molecule has 0 aromatic heterocycles. The third kappa shape index (κ3) is 6.50. The number of nitrogens with zero attached hydrogens (tertiary/aromatic N) is 1. The molecule has 0 radical (unpaired) electrons. The van der Waals surface area contributed by atoms with Crippen LogP contribution in [0, 0.1) is 6.92 Å². The summed E-state index contributed by atoms with van der Waals surface area (Å²) in [6.07, 6.45) is 5.22. The van der Waals surface area contributed by atoms with Crippen LogP contribution in [-0.4, -0.2) is 32.8 Å². The van der Waals surface area contributed by atoms with E-state index < -0.39 is 22.5 Å². The minimum atomic E-state index is -4.07. The first-order valence-electron chi connectivity index (χ1n) is 12.3. The van der Waals surface area contributed by atoms with E-state index in [4.69, 9.17) is 11.6 Å². The van der Waals surface area contributed by atoms with Gasteiger partial charge < -0.3 is 10.6 Å². The number of nitrogens with one attached hydrogen (secondary N) is 2. The second-order valence-corrected chi connectivity index (χ2v) is 11.5. The maximum absolute atomic E-state index is 13.6. The molecule has 0 saturated heterocycles. The van der Waals surface area contributed by atoms with Crippen LogP contribution in [0.5, 0.6) is 0 Å².